The van der Waals surface area contributed by atoms with Crippen molar-refractivity contribution in [2.45, 2.75) is 6.42 Å². The lowest BCUT2D eigenvalue weighted by Gasteiger charge is -2.09. The first-order chi connectivity index (χ1) is 15.1. The van der Waals surface area contributed by atoms with E-state index in [-0.39, 0.29) is 5.75 Å². The summed E-state index contributed by atoms with van der Waals surface area (Å²) in [5, 5.41) is 16.5. The number of pyridine rings is 1. The number of hydrogen-bond donors (Lipinski definition) is 2. The van der Waals surface area contributed by atoms with Crippen LogP contribution in [-0.2, 0) is 6.42 Å². The fourth-order valence-corrected chi connectivity index (χ4v) is 5.40. The van der Waals surface area contributed by atoms with Gasteiger partial charge in [0.2, 0.25) is 0 Å². The topological polar surface area (TPSA) is 75.9 Å². The Labute approximate surface area is 197 Å². The van der Waals surface area contributed by atoms with E-state index in [9.17, 15) is 9.50 Å². The average molecular weight is 563 g/mol. The number of rotatable bonds is 6. The van der Waals surface area contributed by atoms with Crippen LogP contribution in [0.3, 0.4) is 0 Å². The van der Waals surface area contributed by atoms with Gasteiger partial charge in [-0.05, 0) is 41.6 Å². The van der Waals surface area contributed by atoms with Crippen molar-refractivity contribution in [1.82, 2.24) is 18.9 Å². The van der Waals surface area contributed by atoms with Gasteiger partial charge >= 0.3 is 0 Å². The van der Waals surface area contributed by atoms with Crippen LogP contribution >= 0.6 is 41.7 Å². The first kappa shape index (κ1) is 20.5. The second-order valence-corrected chi connectivity index (χ2v) is 9.45. The van der Waals surface area contributed by atoms with Gasteiger partial charge in [0.1, 0.15) is 22.2 Å². The standard InChI is InChI=1S/C21H15FIN5OS2/c22-13-9-16-17(11-28(31-23)20(16)25-10-13)19-26-18(15-6-8-30-21(15)27-19)24-7-5-12-1-3-14(29)4-2-12/h1-4,6,8-11,29H,5,7H2,(H,24,26,27). The molecule has 0 fully saturated rings. The molecule has 156 valence electrons. The molecule has 6 nitrogen and oxygen atoms in total. The van der Waals surface area contributed by atoms with E-state index in [0.29, 0.717) is 23.4 Å². The van der Waals surface area contributed by atoms with Gasteiger partial charge in [-0.25, -0.2) is 19.3 Å². The van der Waals surface area contributed by atoms with Gasteiger partial charge in [-0.15, -0.1) is 11.3 Å². The van der Waals surface area contributed by atoms with Gasteiger partial charge < -0.3 is 10.4 Å². The Morgan fingerprint density at radius 2 is 2.00 bits per heavy atom. The van der Waals surface area contributed by atoms with Crippen molar-refractivity contribution in [3.8, 4) is 17.1 Å². The molecule has 4 heterocycles. The maximum Gasteiger partial charge on any atom is 0.165 e. The number of thiophene rings is 1. The summed E-state index contributed by atoms with van der Waals surface area (Å²) in [5.41, 5.74) is 2.53. The number of fused-ring (bicyclic) bond motifs is 2. The third kappa shape index (κ3) is 4.06. The smallest absolute Gasteiger partial charge is 0.165 e. The molecular formula is C21H15FIN5OS2. The number of hydrogen-bond acceptors (Lipinski definition) is 7. The summed E-state index contributed by atoms with van der Waals surface area (Å²) < 4.78 is 15.8. The van der Waals surface area contributed by atoms with Crippen molar-refractivity contribution < 1.29 is 9.50 Å². The number of aromatic nitrogens is 4. The van der Waals surface area contributed by atoms with Crippen LogP contribution in [0.15, 0.2) is 54.2 Å². The van der Waals surface area contributed by atoms with Gasteiger partial charge in [-0.2, -0.15) is 0 Å². The highest BCUT2D eigenvalue weighted by Gasteiger charge is 2.17. The minimum Gasteiger partial charge on any atom is -0.508 e. The van der Waals surface area contributed by atoms with Gasteiger partial charge in [0, 0.05) is 54.0 Å². The van der Waals surface area contributed by atoms with Gasteiger partial charge in [-0.1, -0.05) is 12.1 Å². The summed E-state index contributed by atoms with van der Waals surface area (Å²) in [4.78, 5) is 14.6. The van der Waals surface area contributed by atoms with Crippen molar-refractivity contribution in [2.24, 2.45) is 0 Å². The highest BCUT2D eigenvalue weighted by molar-refractivity contribution is 14.2. The maximum atomic E-state index is 13.9. The van der Waals surface area contributed by atoms with Crippen molar-refractivity contribution in [3.05, 3.63) is 65.6 Å². The van der Waals surface area contributed by atoms with Crippen LogP contribution in [0.2, 0.25) is 0 Å². The number of nitrogens with zero attached hydrogens (tertiary/aromatic N) is 4. The molecule has 0 unspecified atom stereocenters. The van der Waals surface area contributed by atoms with Crippen molar-refractivity contribution in [2.75, 3.05) is 11.9 Å². The molecule has 10 heteroatoms. The highest BCUT2D eigenvalue weighted by Crippen LogP contribution is 2.35. The first-order valence-corrected chi connectivity index (χ1v) is 13.5. The van der Waals surface area contributed by atoms with Crippen LogP contribution in [0.25, 0.3) is 32.6 Å². The minimum atomic E-state index is -0.394. The molecule has 4 aromatic heterocycles. The normalized spacial score (nSPS) is 11.4. The Morgan fingerprint density at radius 3 is 2.81 bits per heavy atom. The monoisotopic (exact) mass is 563 g/mol. The van der Waals surface area contributed by atoms with Gasteiger partial charge in [0.15, 0.2) is 11.5 Å². The molecule has 0 radical (unpaired) electrons. The summed E-state index contributed by atoms with van der Waals surface area (Å²) in [6.45, 7) is 0.674. The summed E-state index contributed by atoms with van der Waals surface area (Å²) in [6.07, 6.45) is 3.89. The molecule has 0 aliphatic heterocycles. The second kappa shape index (κ2) is 8.60. The molecule has 0 bridgehead atoms. The van der Waals surface area contributed by atoms with E-state index in [2.05, 4.69) is 31.5 Å². The zero-order valence-corrected chi connectivity index (χ0v) is 19.7. The number of benzene rings is 1. The molecule has 5 rings (SSSR count). The number of aromatic hydroxyl groups is 1. The van der Waals surface area contributed by atoms with Crippen LogP contribution in [0, 0.1) is 5.82 Å². The Hall–Kier alpha value is -2.44. The Morgan fingerprint density at radius 1 is 1.16 bits per heavy atom. The van der Waals surface area contributed by atoms with Crippen LogP contribution in [0.4, 0.5) is 10.2 Å². The lowest BCUT2D eigenvalue weighted by atomic mass is 10.1. The molecule has 0 amide bonds. The predicted molar refractivity (Wildman–Crippen MR) is 133 cm³/mol. The van der Waals surface area contributed by atoms with Gasteiger partial charge in [0.25, 0.3) is 0 Å². The SMILES string of the molecule is Oc1ccc(CCNc2nc(-c3cn(SI)c4ncc(F)cc34)nc3sccc23)cc1. The largest absolute Gasteiger partial charge is 0.508 e. The van der Waals surface area contributed by atoms with Crippen molar-refractivity contribution in [3.63, 3.8) is 0 Å². The van der Waals surface area contributed by atoms with Crippen LogP contribution in [0.5, 0.6) is 5.75 Å². The zero-order chi connectivity index (χ0) is 21.4. The lowest BCUT2D eigenvalue weighted by Crippen LogP contribution is -2.07. The van der Waals surface area contributed by atoms with Crippen molar-refractivity contribution >= 4 is 68.7 Å². The molecule has 0 spiro atoms. The Bertz CT molecular complexity index is 1390. The van der Waals surface area contributed by atoms with E-state index in [0.717, 1.165) is 33.6 Å². The third-order valence-electron chi connectivity index (χ3n) is 4.86. The molecule has 31 heavy (non-hydrogen) atoms. The van der Waals surface area contributed by atoms with E-state index < -0.39 is 5.82 Å². The van der Waals surface area contributed by atoms with Gasteiger partial charge in [0.05, 0.1) is 11.6 Å². The van der Waals surface area contributed by atoms with Crippen LogP contribution in [-0.4, -0.2) is 30.6 Å². The Kier molecular flexibility index (Phi) is 5.67. The summed E-state index contributed by atoms with van der Waals surface area (Å²) in [5.74, 6) is 1.14. The van der Waals surface area contributed by atoms with Gasteiger partial charge in [-0.3, -0.25) is 3.97 Å². The number of phenols is 1. The highest BCUT2D eigenvalue weighted by atomic mass is 127. The summed E-state index contributed by atoms with van der Waals surface area (Å²) >= 11 is 3.71. The molecular weight excluding hydrogens is 548 g/mol. The van der Waals surface area contributed by atoms with Crippen LogP contribution in [0.1, 0.15) is 5.56 Å². The predicted octanol–water partition coefficient (Wildman–Crippen LogP) is 6.05. The molecule has 0 atom stereocenters. The number of nitrogens with one attached hydrogen (secondary N) is 1. The molecule has 2 N–H and O–H groups in total. The first-order valence-electron chi connectivity index (χ1n) is 9.35. The Balaban J connectivity index is 1.51. The van der Waals surface area contributed by atoms with Crippen LogP contribution < -0.4 is 5.32 Å². The fourth-order valence-electron chi connectivity index (χ4n) is 3.38. The number of phenolic OH excluding ortho intramolecular Hbond substituents is 1. The zero-order valence-electron chi connectivity index (χ0n) is 15.9. The summed E-state index contributed by atoms with van der Waals surface area (Å²) in [7, 11) is 1.46. The second-order valence-electron chi connectivity index (χ2n) is 6.84. The van der Waals surface area contributed by atoms with E-state index in [4.69, 9.17) is 9.97 Å². The van der Waals surface area contributed by atoms with E-state index in [1.807, 2.05) is 33.7 Å². The lowest BCUT2D eigenvalue weighted by molar-refractivity contribution is 0.475. The number of halogens is 2. The summed E-state index contributed by atoms with van der Waals surface area (Å²) in [6, 6.07) is 10.6. The van der Waals surface area contributed by atoms with E-state index in [1.165, 1.54) is 21.4 Å². The van der Waals surface area contributed by atoms with E-state index in [1.54, 1.807) is 23.5 Å². The molecule has 5 aromatic rings. The quantitative estimate of drug-likeness (QED) is 0.245. The molecule has 0 saturated carbocycles. The molecule has 1 aromatic carbocycles. The molecule has 0 aliphatic rings. The number of anilines is 1. The maximum absolute atomic E-state index is 13.9. The average Bonchev–Trinajstić information content (AvgIpc) is 3.39. The molecule has 0 saturated heterocycles. The third-order valence-corrected chi connectivity index (χ3v) is 7.37. The fraction of sp³-hybridized carbons (Fsp3) is 0.0952. The van der Waals surface area contributed by atoms with E-state index >= 15 is 0 Å². The van der Waals surface area contributed by atoms with Crippen molar-refractivity contribution in [1.29, 1.82) is 0 Å². The minimum absolute atomic E-state index is 0.256. The molecule has 0 aliphatic carbocycles.